The number of aromatic nitrogens is 3. The van der Waals surface area contributed by atoms with Gasteiger partial charge in [-0.3, -0.25) is 5.10 Å². The van der Waals surface area contributed by atoms with Crippen molar-refractivity contribution < 1.29 is 9.90 Å². The molecule has 1 unspecified atom stereocenters. The molecule has 3 rings (SSSR count). The second kappa shape index (κ2) is 6.53. The van der Waals surface area contributed by atoms with Crippen molar-refractivity contribution in [1.29, 1.82) is 0 Å². The summed E-state index contributed by atoms with van der Waals surface area (Å²) in [7, 11) is 0. The molecule has 0 bridgehead atoms. The second-order valence-corrected chi connectivity index (χ2v) is 5.38. The zero-order valence-corrected chi connectivity index (χ0v) is 12.9. The fraction of sp³-hybridized carbons (Fsp3) is 0.0625. The molecule has 0 saturated heterocycles. The van der Waals surface area contributed by atoms with E-state index in [1.54, 1.807) is 24.3 Å². The van der Waals surface area contributed by atoms with Gasteiger partial charge in [-0.1, -0.05) is 30.3 Å². The highest BCUT2D eigenvalue weighted by molar-refractivity contribution is 7.80. The Morgan fingerprint density at radius 1 is 1.13 bits per heavy atom. The number of benzene rings is 2. The highest BCUT2D eigenvalue weighted by atomic mass is 32.1. The molecule has 2 aromatic carbocycles. The number of carboxylic acid groups (broad SMARTS) is 1. The zero-order valence-electron chi connectivity index (χ0n) is 12.0. The predicted molar refractivity (Wildman–Crippen MR) is 90.3 cm³/mol. The lowest BCUT2D eigenvalue weighted by atomic mass is 10.1. The minimum atomic E-state index is -0.957. The number of aromatic carboxylic acids is 1. The van der Waals surface area contributed by atoms with Crippen LogP contribution in [0, 0.1) is 0 Å². The molecule has 3 N–H and O–H groups in total. The van der Waals surface area contributed by atoms with Crippen LogP contribution in [0.5, 0.6) is 0 Å². The van der Waals surface area contributed by atoms with Crippen LogP contribution in [0.4, 0.5) is 11.6 Å². The van der Waals surface area contributed by atoms with E-state index in [2.05, 4.69) is 33.1 Å². The summed E-state index contributed by atoms with van der Waals surface area (Å²) in [6.45, 7) is 0. The molecule has 1 atom stereocenters. The number of nitrogens with one attached hydrogen (secondary N) is 2. The van der Waals surface area contributed by atoms with E-state index >= 15 is 0 Å². The number of rotatable bonds is 5. The molecule has 0 aliphatic rings. The van der Waals surface area contributed by atoms with Gasteiger partial charge < -0.3 is 10.4 Å². The number of hydrogen-bond acceptors (Lipinski definition) is 5. The third-order valence-corrected chi connectivity index (χ3v) is 3.81. The molecule has 7 heteroatoms. The SMILES string of the molecule is O=C(O)c1ccc(C(S)c2nc(Nc3ccccc3)n[nH]2)cc1. The Morgan fingerprint density at radius 2 is 1.83 bits per heavy atom. The zero-order chi connectivity index (χ0) is 16.2. The van der Waals surface area contributed by atoms with Gasteiger partial charge in [0.05, 0.1) is 10.8 Å². The van der Waals surface area contributed by atoms with Crippen LogP contribution in [0.25, 0.3) is 0 Å². The van der Waals surface area contributed by atoms with Gasteiger partial charge in [-0.25, -0.2) is 4.79 Å². The lowest BCUT2D eigenvalue weighted by Gasteiger charge is -2.07. The van der Waals surface area contributed by atoms with Crippen molar-refractivity contribution >= 4 is 30.2 Å². The molecule has 0 aliphatic heterocycles. The molecule has 0 amide bonds. The van der Waals surface area contributed by atoms with Gasteiger partial charge in [-0.15, -0.1) is 5.10 Å². The van der Waals surface area contributed by atoms with Crippen molar-refractivity contribution in [1.82, 2.24) is 15.2 Å². The van der Waals surface area contributed by atoms with E-state index in [1.165, 1.54) is 0 Å². The number of carboxylic acids is 1. The van der Waals surface area contributed by atoms with E-state index in [0.29, 0.717) is 11.8 Å². The summed E-state index contributed by atoms with van der Waals surface area (Å²) in [6.07, 6.45) is 0. The number of para-hydroxylation sites is 1. The number of H-pyrrole nitrogens is 1. The maximum absolute atomic E-state index is 10.9. The molecule has 0 spiro atoms. The van der Waals surface area contributed by atoms with Gasteiger partial charge in [0.2, 0.25) is 5.95 Å². The van der Waals surface area contributed by atoms with Gasteiger partial charge in [0.1, 0.15) is 5.82 Å². The van der Waals surface area contributed by atoms with Crippen LogP contribution in [-0.2, 0) is 0 Å². The lowest BCUT2D eigenvalue weighted by Crippen LogP contribution is -1.99. The van der Waals surface area contributed by atoms with E-state index in [0.717, 1.165) is 11.3 Å². The maximum Gasteiger partial charge on any atom is 0.335 e. The number of thiol groups is 1. The van der Waals surface area contributed by atoms with Gasteiger partial charge >= 0.3 is 5.97 Å². The molecule has 1 aromatic heterocycles. The van der Waals surface area contributed by atoms with Gasteiger partial charge in [0.25, 0.3) is 0 Å². The second-order valence-electron chi connectivity index (χ2n) is 4.86. The third kappa shape index (κ3) is 3.51. The van der Waals surface area contributed by atoms with Gasteiger partial charge in [-0.05, 0) is 29.8 Å². The average Bonchev–Trinajstić information content (AvgIpc) is 3.03. The largest absolute Gasteiger partial charge is 0.478 e. The summed E-state index contributed by atoms with van der Waals surface area (Å²) in [6, 6.07) is 16.1. The molecule has 6 nitrogen and oxygen atoms in total. The Labute approximate surface area is 138 Å². The molecule has 0 fully saturated rings. The first-order valence-electron chi connectivity index (χ1n) is 6.89. The number of aromatic amines is 1. The van der Waals surface area contributed by atoms with E-state index in [9.17, 15) is 4.79 Å². The number of nitrogens with zero attached hydrogens (tertiary/aromatic N) is 2. The van der Waals surface area contributed by atoms with Crippen LogP contribution in [0.2, 0.25) is 0 Å². The van der Waals surface area contributed by atoms with Crippen molar-refractivity contribution in [3.05, 3.63) is 71.5 Å². The van der Waals surface area contributed by atoms with Crippen molar-refractivity contribution in [2.45, 2.75) is 5.25 Å². The molecule has 23 heavy (non-hydrogen) atoms. The molecule has 3 aromatic rings. The summed E-state index contributed by atoms with van der Waals surface area (Å²) in [5, 5.41) is 18.6. The predicted octanol–water partition coefficient (Wildman–Crippen LogP) is 3.27. The molecule has 116 valence electrons. The fourth-order valence-corrected chi connectivity index (χ4v) is 2.36. The first-order valence-corrected chi connectivity index (χ1v) is 7.41. The molecule has 1 heterocycles. The quantitative estimate of drug-likeness (QED) is 0.540. The standard InChI is InChI=1S/C16H14N4O2S/c21-15(22)11-8-6-10(7-9-11)13(23)14-18-16(20-19-14)17-12-4-2-1-3-5-12/h1-9,13,23H,(H,21,22)(H2,17,18,19,20). The molecular weight excluding hydrogens is 312 g/mol. The summed E-state index contributed by atoms with van der Waals surface area (Å²) in [4.78, 5) is 15.2. The number of carbonyl (C=O) groups is 1. The van der Waals surface area contributed by atoms with E-state index in [1.807, 2.05) is 30.3 Å². The van der Waals surface area contributed by atoms with Crippen LogP contribution in [0.1, 0.15) is 27.0 Å². The Balaban J connectivity index is 1.75. The van der Waals surface area contributed by atoms with Crippen LogP contribution >= 0.6 is 12.6 Å². The number of hydrogen-bond donors (Lipinski definition) is 4. The van der Waals surface area contributed by atoms with Crippen LogP contribution < -0.4 is 5.32 Å². The Kier molecular flexibility index (Phi) is 4.29. The van der Waals surface area contributed by atoms with Crippen molar-refractivity contribution in [3.8, 4) is 0 Å². The van der Waals surface area contributed by atoms with E-state index in [4.69, 9.17) is 5.11 Å². The third-order valence-electron chi connectivity index (χ3n) is 3.27. The van der Waals surface area contributed by atoms with Crippen molar-refractivity contribution in [2.24, 2.45) is 0 Å². The minimum Gasteiger partial charge on any atom is -0.478 e. The maximum atomic E-state index is 10.9. The molecular formula is C16H14N4O2S. The topological polar surface area (TPSA) is 90.9 Å². The first-order chi connectivity index (χ1) is 11.1. The monoisotopic (exact) mass is 326 g/mol. The highest BCUT2D eigenvalue weighted by Gasteiger charge is 2.15. The lowest BCUT2D eigenvalue weighted by molar-refractivity contribution is 0.0697. The Morgan fingerprint density at radius 3 is 2.48 bits per heavy atom. The summed E-state index contributed by atoms with van der Waals surface area (Å²) < 4.78 is 0. The minimum absolute atomic E-state index is 0.235. The molecule has 0 saturated carbocycles. The summed E-state index contributed by atoms with van der Waals surface area (Å²) >= 11 is 4.53. The molecule has 0 aliphatic carbocycles. The first kappa shape index (κ1) is 15.1. The van der Waals surface area contributed by atoms with Gasteiger partial charge in [0.15, 0.2) is 0 Å². The molecule has 0 radical (unpaired) electrons. The summed E-state index contributed by atoms with van der Waals surface area (Å²) in [5.74, 6) is 0.0727. The van der Waals surface area contributed by atoms with Crippen LogP contribution in [0.3, 0.4) is 0 Å². The Bertz CT molecular complexity index is 802. The average molecular weight is 326 g/mol. The fourth-order valence-electron chi connectivity index (χ4n) is 2.07. The normalized spacial score (nSPS) is 11.9. The summed E-state index contributed by atoms with van der Waals surface area (Å²) in [5.41, 5.74) is 1.96. The van der Waals surface area contributed by atoms with E-state index in [-0.39, 0.29) is 10.8 Å². The van der Waals surface area contributed by atoms with Crippen molar-refractivity contribution in [2.75, 3.05) is 5.32 Å². The van der Waals surface area contributed by atoms with Gasteiger partial charge in [-0.2, -0.15) is 17.6 Å². The van der Waals surface area contributed by atoms with Crippen LogP contribution in [-0.4, -0.2) is 26.3 Å². The smallest absolute Gasteiger partial charge is 0.335 e. The Hall–Kier alpha value is -2.80. The van der Waals surface area contributed by atoms with Gasteiger partial charge in [0, 0.05) is 5.69 Å². The van der Waals surface area contributed by atoms with Crippen molar-refractivity contribution in [3.63, 3.8) is 0 Å². The van der Waals surface area contributed by atoms with E-state index < -0.39 is 5.97 Å². The number of anilines is 2. The highest BCUT2D eigenvalue weighted by Crippen LogP contribution is 2.26. The van der Waals surface area contributed by atoms with Crippen LogP contribution in [0.15, 0.2) is 54.6 Å².